The number of carboxylic acid groups (broad SMARTS) is 1. The van der Waals surface area contributed by atoms with Crippen molar-refractivity contribution in [1.82, 2.24) is 0 Å². The third-order valence-electron chi connectivity index (χ3n) is 3.14. The zero-order valence-corrected chi connectivity index (χ0v) is 16.8. The molecular formula is C18H15Br2NO5. The molecule has 0 bridgehead atoms. The van der Waals surface area contributed by atoms with E-state index in [0.717, 1.165) is 14.5 Å². The van der Waals surface area contributed by atoms with E-state index in [2.05, 4.69) is 37.2 Å². The van der Waals surface area contributed by atoms with Crippen molar-refractivity contribution in [3.8, 4) is 11.5 Å². The lowest BCUT2D eigenvalue weighted by atomic mass is 10.2. The molecule has 2 aromatic carbocycles. The molecule has 2 rings (SSSR count). The molecule has 0 spiro atoms. The van der Waals surface area contributed by atoms with Gasteiger partial charge >= 0.3 is 5.97 Å². The fourth-order valence-corrected chi connectivity index (χ4v) is 3.47. The van der Waals surface area contributed by atoms with Gasteiger partial charge < -0.3 is 19.9 Å². The zero-order valence-electron chi connectivity index (χ0n) is 13.7. The number of carboxylic acids is 1. The molecule has 0 fully saturated rings. The van der Waals surface area contributed by atoms with E-state index in [1.54, 1.807) is 37.5 Å². The minimum atomic E-state index is -1.05. The highest BCUT2D eigenvalue weighted by molar-refractivity contribution is 9.11. The Balaban J connectivity index is 2.02. The zero-order chi connectivity index (χ0) is 19.1. The average Bonchev–Trinajstić information content (AvgIpc) is 2.59. The first-order valence-corrected chi connectivity index (χ1v) is 8.94. The van der Waals surface area contributed by atoms with Gasteiger partial charge in [-0.3, -0.25) is 4.79 Å². The molecule has 2 aromatic rings. The van der Waals surface area contributed by atoms with Crippen LogP contribution in [0.1, 0.15) is 5.56 Å². The summed E-state index contributed by atoms with van der Waals surface area (Å²) in [6.45, 7) is -0.418. The molecule has 0 saturated heterocycles. The third-order valence-corrected chi connectivity index (χ3v) is 4.19. The van der Waals surface area contributed by atoms with Crippen molar-refractivity contribution in [2.24, 2.45) is 0 Å². The fraction of sp³-hybridized carbons (Fsp3) is 0.111. The summed E-state index contributed by atoms with van der Waals surface area (Å²) in [6.07, 6.45) is 3.04. The first-order chi connectivity index (χ1) is 12.4. The molecule has 0 aliphatic carbocycles. The van der Waals surface area contributed by atoms with Crippen molar-refractivity contribution in [3.05, 3.63) is 57.0 Å². The van der Waals surface area contributed by atoms with Crippen LogP contribution in [0.5, 0.6) is 11.5 Å². The van der Waals surface area contributed by atoms with Gasteiger partial charge in [0, 0.05) is 21.8 Å². The number of methoxy groups -OCH3 is 1. The Morgan fingerprint density at radius 1 is 1.19 bits per heavy atom. The van der Waals surface area contributed by atoms with Crippen LogP contribution in [0.2, 0.25) is 0 Å². The standard InChI is InChI=1S/C18H15Br2NO5/c1-25-18-11(8-12(19)9-15(18)20)2-7-16(22)21-13-3-5-14(6-4-13)26-10-17(23)24/h2-9H,10H2,1H3,(H,21,22)(H,23,24)/b7-2+. The van der Waals surface area contributed by atoms with Crippen LogP contribution in [0.15, 0.2) is 51.4 Å². The average molecular weight is 485 g/mol. The third kappa shape index (κ3) is 5.89. The topological polar surface area (TPSA) is 84.9 Å². The summed E-state index contributed by atoms with van der Waals surface area (Å²) in [6, 6.07) is 10.1. The Morgan fingerprint density at radius 2 is 1.88 bits per heavy atom. The maximum absolute atomic E-state index is 12.1. The van der Waals surface area contributed by atoms with Crippen molar-refractivity contribution < 1.29 is 24.2 Å². The number of carbonyl (C=O) groups is 2. The first-order valence-electron chi connectivity index (χ1n) is 7.36. The van der Waals surface area contributed by atoms with Crippen molar-refractivity contribution in [3.63, 3.8) is 0 Å². The van der Waals surface area contributed by atoms with Crippen LogP contribution in [0.3, 0.4) is 0 Å². The minimum absolute atomic E-state index is 0.317. The number of anilines is 1. The smallest absolute Gasteiger partial charge is 0.341 e. The lowest BCUT2D eigenvalue weighted by Gasteiger charge is -2.08. The Bertz CT molecular complexity index is 834. The molecule has 0 unspecified atom stereocenters. The summed E-state index contributed by atoms with van der Waals surface area (Å²) < 4.78 is 12.0. The second kappa shape index (κ2) is 9.40. The lowest BCUT2D eigenvalue weighted by Crippen LogP contribution is -2.10. The molecule has 0 atom stereocenters. The summed E-state index contributed by atoms with van der Waals surface area (Å²) in [5, 5.41) is 11.3. The molecule has 0 saturated carbocycles. The van der Waals surface area contributed by atoms with E-state index in [0.29, 0.717) is 17.2 Å². The molecule has 0 aromatic heterocycles. The molecule has 8 heteroatoms. The van der Waals surface area contributed by atoms with Crippen LogP contribution in [0.25, 0.3) is 6.08 Å². The van der Waals surface area contributed by atoms with Gasteiger partial charge in [0.05, 0.1) is 11.6 Å². The molecule has 0 heterocycles. The SMILES string of the molecule is COc1c(Br)cc(Br)cc1/C=C/C(=O)Nc1ccc(OCC(=O)O)cc1. The molecule has 0 aliphatic rings. The Labute approximate surface area is 167 Å². The summed E-state index contributed by atoms with van der Waals surface area (Å²) in [7, 11) is 1.55. The summed E-state index contributed by atoms with van der Waals surface area (Å²) in [4.78, 5) is 22.5. The monoisotopic (exact) mass is 483 g/mol. The van der Waals surface area contributed by atoms with Crippen molar-refractivity contribution in [2.45, 2.75) is 0 Å². The van der Waals surface area contributed by atoms with E-state index in [9.17, 15) is 9.59 Å². The summed E-state index contributed by atoms with van der Waals surface area (Å²) in [5.74, 6) is -0.341. The normalized spacial score (nSPS) is 10.6. The van der Waals surface area contributed by atoms with Crippen LogP contribution in [0.4, 0.5) is 5.69 Å². The van der Waals surface area contributed by atoms with Crippen LogP contribution in [-0.4, -0.2) is 30.7 Å². The number of ether oxygens (including phenoxy) is 2. The summed E-state index contributed by atoms with van der Waals surface area (Å²) in [5.41, 5.74) is 1.30. The Morgan fingerprint density at radius 3 is 2.50 bits per heavy atom. The maximum atomic E-state index is 12.1. The quantitative estimate of drug-likeness (QED) is 0.571. The number of hydrogen-bond donors (Lipinski definition) is 2. The van der Waals surface area contributed by atoms with Gasteiger partial charge in [0.15, 0.2) is 6.61 Å². The van der Waals surface area contributed by atoms with Gasteiger partial charge in [-0.2, -0.15) is 0 Å². The predicted octanol–water partition coefficient (Wildman–Crippen LogP) is 4.34. The van der Waals surface area contributed by atoms with E-state index >= 15 is 0 Å². The fourth-order valence-electron chi connectivity index (χ4n) is 2.05. The number of amides is 1. The minimum Gasteiger partial charge on any atom is -0.495 e. The van der Waals surface area contributed by atoms with E-state index in [-0.39, 0.29) is 5.91 Å². The number of aliphatic carboxylic acids is 1. The van der Waals surface area contributed by atoms with Crippen molar-refractivity contribution in [1.29, 1.82) is 0 Å². The van der Waals surface area contributed by atoms with Crippen LogP contribution in [0, 0.1) is 0 Å². The van der Waals surface area contributed by atoms with Gasteiger partial charge in [-0.25, -0.2) is 4.79 Å². The van der Waals surface area contributed by atoms with Gasteiger partial charge in [0.25, 0.3) is 0 Å². The van der Waals surface area contributed by atoms with Crippen molar-refractivity contribution in [2.75, 3.05) is 19.0 Å². The molecule has 6 nitrogen and oxygen atoms in total. The van der Waals surface area contributed by atoms with E-state index in [4.69, 9.17) is 14.6 Å². The molecule has 26 heavy (non-hydrogen) atoms. The molecule has 0 aliphatic heterocycles. The second-order valence-corrected chi connectivity index (χ2v) is 6.81. The van der Waals surface area contributed by atoms with Crippen LogP contribution < -0.4 is 14.8 Å². The van der Waals surface area contributed by atoms with Gasteiger partial charge in [-0.05, 0) is 58.4 Å². The molecular weight excluding hydrogens is 470 g/mol. The number of benzene rings is 2. The van der Waals surface area contributed by atoms with Crippen LogP contribution in [-0.2, 0) is 9.59 Å². The Hall–Kier alpha value is -2.32. The molecule has 2 N–H and O–H groups in total. The van der Waals surface area contributed by atoms with Gasteiger partial charge in [0.1, 0.15) is 11.5 Å². The number of carbonyl (C=O) groups excluding carboxylic acids is 1. The lowest BCUT2D eigenvalue weighted by molar-refractivity contribution is -0.139. The van der Waals surface area contributed by atoms with Crippen LogP contribution >= 0.6 is 31.9 Å². The molecule has 136 valence electrons. The van der Waals surface area contributed by atoms with E-state index in [1.165, 1.54) is 6.08 Å². The first kappa shape index (κ1) is 20.0. The number of rotatable bonds is 7. The number of nitrogens with one attached hydrogen (secondary N) is 1. The van der Waals surface area contributed by atoms with Crippen molar-refractivity contribution >= 4 is 55.5 Å². The summed E-state index contributed by atoms with van der Waals surface area (Å²) >= 11 is 6.81. The maximum Gasteiger partial charge on any atom is 0.341 e. The van der Waals surface area contributed by atoms with Gasteiger partial charge in [0.2, 0.25) is 5.91 Å². The largest absolute Gasteiger partial charge is 0.495 e. The second-order valence-electron chi connectivity index (χ2n) is 5.04. The van der Waals surface area contributed by atoms with E-state index < -0.39 is 12.6 Å². The molecule has 1 amide bonds. The highest BCUT2D eigenvalue weighted by atomic mass is 79.9. The van der Waals surface area contributed by atoms with Gasteiger partial charge in [-0.1, -0.05) is 15.9 Å². The van der Waals surface area contributed by atoms with E-state index in [1.807, 2.05) is 12.1 Å². The number of halogens is 2. The Kier molecular flexibility index (Phi) is 7.23. The number of hydrogen-bond acceptors (Lipinski definition) is 4. The van der Waals surface area contributed by atoms with Gasteiger partial charge in [-0.15, -0.1) is 0 Å². The molecule has 0 radical (unpaired) electrons. The predicted molar refractivity (Wildman–Crippen MR) is 106 cm³/mol. The highest BCUT2D eigenvalue weighted by Gasteiger charge is 2.08. The highest BCUT2D eigenvalue weighted by Crippen LogP contribution is 2.33.